The van der Waals surface area contributed by atoms with Crippen LogP contribution in [0.3, 0.4) is 0 Å². The van der Waals surface area contributed by atoms with Crippen LogP contribution in [-0.2, 0) is 16.0 Å². The minimum Gasteiger partial charge on any atom is -0.342 e. The van der Waals surface area contributed by atoms with Crippen LogP contribution in [0, 0.1) is 0 Å². The van der Waals surface area contributed by atoms with Crippen molar-refractivity contribution >= 4 is 11.8 Å². The highest BCUT2D eigenvalue weighted by molar-refractivity contribution is 5.78. The molecule has 0 atom stereocenters. The fraction of sp³-hybridized carbons (Fsp3) is 0.650. The van der Waals surface area contributed by atoms with Crippen molar-refractivity contribution < 1.29 is 9.59 Å². The molecular weight excluding hydrogens is 328 g/mol. The summed E-state index contributed by atoms with van der Waals surface area (Å²) in [4.78, 5) is 35.1. The van der Waals surface area contributed by atoms with Gasteiger partial charge in [-0.2, -0.15) is 0 Å². The smallest absolute Gasteiger partial charge is 0.236 e. The maximum atomic E-state index is 12.5. The molecule has 0 radical (unpaired) electrons. The lowest BCUT2D eigenvalue weighted by Crippen LogP contribution is -2.51. The summed E-state index contributed by atoms with van der Waals surface area (Å²) in [6.45, 7) is 5.34. The van der Waals surface area contributed by atoms with Crippen LogP contribution in [0.1, 0.15) is 37.7 Å². The summed E-state index contributed by atoms with van der Waals surface area (Å²) in [6.07, 6.45) is 9.57. The van der Waals surface area contributed by atoms with Crippen LogP contribution in [0.15, 0.2) is 24.5 Å². The number of amides is 2. The van der Waals surface area contributed by atoms with Gasteiger partial charge in [-0.05, 0) is 30.9 Å². The van der Waals surface area contributed by atoms with Crippen LogP contribution in [0.2, 0.25) is 0 Å². The zero-order valence-electron chi connectivity index (χ0n) is 15.6. The molecule has 0 bridgehead atoms. The lowest BCUT2D eigenvalue weighted by atomic mass is 10.1. The first-order chi connectivity index (χ1) is 12.7. The number of hydrogen-bond acceptors (Lipinski definition) is 4. The van der Waals surface area contributed by atoms with Gasteiger partial charge in [-0.15, -0.1) is 0 Å². The highest BCUT2D eigenvalue weighted by Gasteiger charge is 2.24. The average molecular weight is 358 g/mol. The highest BCUT2D eigenvalue weighted by atomic mass is 16.2. The fourth-order valence-electron chi connectivity index (χ4n) is 3.72. The summed E-state index contributed by atoms with van der Waals surface area (Å²) in [7, 11) is 0. The summed E-state index contributed by atoms with van der Waals surface area (Å²) in [6, 6.07) is 3.91. The van der Waals surface area contributed by atoms with Gasteiger partial charge in [-0.25, -0.2) is 0 Å². The molecule has 6 nitrogen and oxygen atoms in total. The number of aryl methyl sites for hydroxylation is 1. The number of pyridine rings is 1. The average Bonchev–Trinajstić information content (AvgIpc) is 2.97. The van der Waals surface area contributed by atoms with Gasteiger partial charge < -0.3 is 9.80 Å². The number of carbonyl (C=O) groups excluding carboxylic acids is 2. The van der Waals surface area contributed by atoms with Crippen molar-refractivity contribution in [1.29, 1.82) is 0 Å². The van der Waals surface area contributed by atoms with Gasteiger partial charge in [0.05, 0.1) is 6.54 Å². The number of likely N-dealkylation sites (tertiary alicyclic amines) is 1. The monoisotopic (exact) mass is 358 g/mol. The van der Waals surface area contributed by atoms with Gasteiger partial charge in [0.15, 0.2) is 0 Å². The molecule has 0 N–H and O–H groups in total. The Bertz CT molecular complexity index is 577. The number of nitrogens with zero attached hydrogens (tertiary/aromatic N) is 4. The second-order valence-corrected chi connectivity index (χ2v) is 7.31. The second-order valence-electron chi connectivity index (χ2n) is 7.31. The quantitative estimate of drug-likeness (QED) is 0.802. The molecule has 0 unspecified atom stereocenters. The molecule has 1 aromatic heterocycles. The summed E-state index contributed by atoms with van der Waals surface area (Å²) in [5.74, 6) is 0.454. The molecule has 26 heavy (non-hydrogen) atoms. The molecular formula is C20H30N4O2. The molecule has 0 aliphatic carbocycles. The largest absolute Gasteiger partial charge is 0.342 e. The zero-order valence-corrected chi connectivity index (χ0v) is 15.6. The third-order valence-electron chi connectivity index (χ3n) is 5.39. The molecule has 2 saturated heterocycles. The first kappa shape index (κ1) is 18.8. The van der Waals surface area contributed by atoms with Crippen LogP contribution in [0.25, 0.3) is 0 Å². The predicted octanol–water partition coefficient (Wildman–Crippen LogP) is 1.56. The van der Waals surface area contributed by atoms with Gasteiger partial charge in [0.1, 0.15) is 0 Å². The number of aromatic nitrogens is 1. The Kier molecular flexibility index (Phi) is 7.00. The van der Waals surface area contributed by atoms with E-state index in [0.29, 0.717) is 13.0 Å². The van der Waals surface area contributed by atoms with Crippen molar-refractivity contribution in [3.63, 3.8) is 0 Å². The van der Waals surface area contributed by atoms with E-state index in [1.165, 1.54) is 12.8 Å². The third-order valence-corrected chi connectivity index (χ3v) is 5.39. The Morgan fingerprint density at radius 2 is 1.58 bits per heavy atom. The Morgan fingerprint density at radius 3 is 2.23 bits per heavy atom. The summed E-state index contributed by atoms with van der Waals surface area (Å²) in [5, 5.41) is 0. The van der Waals surface area contributed by atoms with E-state index >= 15 is 0 Å². The van der Waals surface area contributed by atoms with Gasteiger partial charge in [-0.3, -0.25) is 19.5 Å². The van der Waals surface area contributed by atoms with Crippen LogP contribution in [0.5, 0.6) is 0 Å². The van der Waals surface area contributed by atoms with Crippen molar-refractivity contribution in [2.75, 3.05) is 45.8 Å². The Morgan fingerprint density at radius 1 is 0.885 bits per heavy atom. The molecule has 0 spiro atoms. The van der Waals surface area contributed by atoms with Crippen molar-refractivity contribution in [3.05, 3.63) is 30.1 Å². The molecule has 2 fully saturated rings. The zero-order chi connectivity index (χ0) is 18.2. The van der Waals surface area contributed by atoms with Crippen LogP contribution in [0.4, 0.5) is 0 Å². The standard InChI is InChI=1S/C20H30N4O2/c25-19(8-7-18-6-5-9-21-16-18)24-14-12-22(13-15-24)17-20(26)23-10-3-1-2-4-11-23/h5-6,9,16H,1-4,7-8,10-15,17H2. The lowest BCUT2D eigenvalue weighted by Gasteiger charge is -2.35. The summed E-state index contributed by atoms with van der Waals surface area (Å²) < 4.78 is 0. The molecule has 0 aromatic carbocycles. The maximum Gasteiger partial charge on any atom is 0.236 e. The van der Waals surface area contributed by atoms with Gasteiger partial charge >= 0.3 is 0 Å². The highest BCUT2D eigenvalue weighted by Crippen LogP contribution is 2.11. The topological polar surface area (TPSA) is 56.8 Å². The number of hydrogen-bond donors (Lipinski definition) is 0. The Hall–Kier alpha value is -1.95. The molecule has 2 aliphatic heterocycles. The van der Waals surface area contributed by atoms with E-state index < -0.39 is 0 Å². The predicted molar refractivity (Wildman–Crippen MR) is 101 cm³/mol. The van der Waals surface area contributed by atoms with E-state index in [1.54, 1.807) is 6.20 Å². The number of rotatable bonds is 5. The first-order valence-corrected chi connectivity index (χ1v) is 9.89. The first-order valence-electron chi connectivity index (χ1n) is 9.89. The van der Waals surface area contributed by atoms with Gasteiger partial charge in [0.2, 0.25) is 11.8 Å². The molecule has 6 heteroatoms. The number of carbonyl (C=O) groups is 2. The van der Waals surface area contributed by atoms with Crippen LogP contribution in [-0.4, -0.2) is 77.3 Å². The van der Waals surface area contributed by atoms with Crippen molar-refractivity contribution in [2.24, 2.45) is 0 Å². The molecule has 1 aromatic rings. The molecule has 3 rings (SSSR count). The van der Waals surface area contributed by atoms with E-state index in [1.807, 2.05) is 28.1 Å². The lowest BCUT2D eigenvalue weighted by molar-refractivity contribution is -0.135. The van der Waals surface area contributed by atoms with E-state index in [2.05, 4.69) is 9.88 Å². The van der Waals surface area contributed by atoms with Crippen molar-refractivity contribution in [3.8, 4) is 0 Å². The normalized spacial score (nSPS) is 19.2. The van der Waals surface area contributed by atoms with Crippen molar-refractivity contribution in [2.45, 2.75) is 38.5 Å². The van der Waals surface area contributed by atoms with Crippen molar-refractivity contribution in [1.82, 2.24) is 19.7 Å². The van der Waals surface area contributed by atoms with Gasteiger partial charge in [0.25, 0.3) is 0 Å². The van der Waals surface area contributed by atoms with Crippen LogP contribution < -0.4 is 0 Å². The second kappa shape index (κ2) is 9.67. The minimum atomic E-state index is 0.201. The SMILES string of the molecule is O=C(CCc1cccnc1)N1CCN(CC(=O)N2CCCCCC2)CC1. The number of piperazine rings is 1. The van der Waals surface area contributed by atoms with E-state index in [-0.39, 0.29) is 11.8 Å². The van der Waals surface area contributed by atoms with Gasteiger partial charge in [0, 0.05) is 58.1 Å². The molecule has 2 aliphatic rings. The minimum absolute atomic E-state index is 0.201. The third kappa shape index (κ3) is 5.53. The summed E-state index contributed by atoms with van der Waals surface area (Å²) >= 11 is 0. The van der Waals surface area contributed by atoms with E-state index in [9.17, 15) is 9.59 Å². The summed E-state index contributed by atoms with van der Waals surface area (Å²) in [5.41, 5.74) is 1.10. The molecule has 142 valence electrons. The molecule has 3 heterocycles. The Balaban J connectivity index is 1.38. The fourth-order valence-corrected chi connectivity index (χ4v) is 3.72. The van der Waals surface area contributed by atoms with Gasteiger partial charge in [-0.1, -0.05) is 18.9 Å². The maximum absolute atomic E-state index is 12.5. The van der Waals surface area contributed by atoms with Crippen LogP contribution >= 0.6 is 0 Å². The Labute approximate surface area is 156 Å². The van der Waals surface area contributed by atoms with E-state index in [0.717, 1.165) is 64.1 Å². The molecule has 0 saturated carbocycles. The molecule has 2 amide bonds. The van der Waals surface area contributed by atoms with E-state index in [4.69, 9.17) is 0 Å².